The van der Waals surface area contributed by atoms with Crippen molar-refractivity contribution < 1.29 is 19.1 Å². The van der Waals surface area contributed by atoms with E-state index in [4.69, 9.17) is 9.47 Å². The second kappa shape index (κ2) is 8.32. The molecule has 2 aromatic carbocycles. The summed E-state index contributed by atoms with van der Waals surface area (Å²) >= 11 is 0. The van der Waals surface area contributed by atoms with Crippen LogP contribution in [0.25, 0.3) is 5.57 Å². The maximum atomic E-state index is 13.6. The van der Waals surface area contributed by atoms with Gasteiger partial charge in [-0.3, -0.25) is 9.59 Å². The van der Waals surface area contributed by atoms with Crippen LogP contribution >= 0.6 is 0 Å². The molecule has 2 aliphatic heterocycles. The maximum absolute atomic E-state index is 13.6. The van der Waals surface area contributed by atoms with E-state index >= 15 is 0 Å². The number of hydrogen-bond acceptors (Lipinski definition) is 5. The highest BCUT2D eigenvalue weighted by molar-refractivity contribution is 6.45. The fourth-order valence-electron chi connectivity index (χ4n) is 4.13. The first-order valence-electron chi connectivity index (χ1n) is 10.3. The Labute approximate surface area is 176 Å². The first kappa shape index (κ1) is 20.2. The molecule has 6 heteroatoms. The number of ether oxygens (including phenoxy) is 2. The number of benzene rings is 2. The number of imide groups is 1. The van der Waals surface area contributed by atoms with Crippen molar-refractivity contribution in [3.8, 4) is 5.75 Å². The van der Waals surface area contributed by atoms with Crippen molar-refractivity contribution in [3.63, 3.8) is 0 Å². The van der Waals surface area contributed by atoms with Crippen molar-refractivity contribution in [2.45, 2.75) is 33.0 Å². The standard InChI is InChI=1S/C24H26N2O4/c1-4-29-20-12-10-19(11-13-20)26-23(27)21(18-8-6-5-7-9-18)22(24(26)28)25-14-16(2)30-17(3)15-25/h5-13,16-17H,4,14-15H2,1-3H3. The molecule has 156 valence electrons. The van der Waals surface area contributed by atoms with E-state index in [1.54, 1.807) is 24.3 Å². The number of rotatable bonds is 5. The Hall–Kier alpha value is -3.12. The molecule has 2 heterocycles. The Bertz CT molecular complexity index is 958. The molecule has 1 saturated heterocycles. The molecule has 0 radical (unpaired) electrons. The van der Waals surface area contributed by atoms with E-state index in [-0.39, 0.29) is 24.0 Å². The highest BCUT2D eigenvalue weighted by Crippen LogP contribution is 2.36. The summed E-state index contributed by atoms with van der Waals surface area (Å²) in [5.74, 6) is 0.0918. The normalized spacial score (nSPS) is 22.1. The predicted octanol–water partition coefficient (Wildman–Crippen LogP) is 3.48. The SMILES string of the molecule is CCOc1ccc(N2C(=O)C(c3ccccc3)=C(N3CC(C)OC(C)C3)C2=O)cc1. The van der Waals surface area contributed by atoms with Gasteiger partial charge in [0.25, 0.3) is 11.8 Å². The van der Waals surface area contributed by atoms with Crippen LogP contribution in [-0.4, -0.2) is 48.6 Å². The van der Waals surface area contributed by atoms with Gasteiger partial charge in [-0.05, 0) is 50.6 Å². The molecule has 2 aliphatic rings. The van der Waals surface area contributed by atoms with Crippen LogP contribution in [0.2, 0.25) is 0 Å². The molecule has 0 bridgehead atoms. The fourth-order valence-corrected chi connectivity index (χ4v) is 4.13. The van der Waals surface area contributed by atoms with Crippen LogP contribution < -0.4 is 9.64 Å². The molecule has 2 aromatic rings. The third-order valence-corrected chi connectivity index (χ3v) is 5.26. The molecule has 2 atom stereocenters. The molecule has 6 nitrogen and oxygen atoms in total. The van der Waals surface area contributed by atoms with E-state index in [1.165, 1.54) is 4.90 Å². The van der Waals surface area contributed by atoms with Crippen LogP contribution in [0.1, 0.15) is 26.3 Å². The van der Waals surface area contributed by atoms with Crippen molar-refractivity contribution in [3.05, 3.63) is 65.9 Å². The van der Waals surface area contributed by atoms with Gasteiger partial charge in [-0.2, -0.15) is 0 Å². The summed E-state index contributed by atoms with van der Waals surface area (Å²) in [5.41, 5.74) is 2.16. The zero-order valence-electron chi connectivity index (χ0n) is 17.5. The van der Waals surface area contributed by atoms with Gasteiger partial charge >= 0.3 is 0 Å². The summed E-state index contributed by atoms with van der Waals surface area (Å²) in [5, 5.41) is 0. The van der Waals surface area contributed by atoms with Crippen LogP contribution in [0.15, 0.2) is 60.3 Å². The molecule has 4 rings (SSSR count). The Morgan fingerprint density at radius 2 is 1.57 bits per heavy atom. The van der Waals surface area contributed by atoms with E-state index in [9.17, 15) is 9.59 Å². The predicted molar refractivity (Wildman–Crippen MR) is 115 cm³/mol. The Morgan fingerprint density at radius 1 is 0.933 bits per heavy atom. The molecule has 2 unspecified atom stereocenters. The number of carbonyl (C=O) groups is 2. The molecular weight excluding hydrogens is 380 g/mol. The average Bonchev–Trinajstić information content (AvgIpc) is 2.99. The van der Waals surface area contributed by atoms with Crippen molar-refractivity contribution >= 4 is 23.1 Å². The second-order valence-electron chi connectivity index (χ2n) is 7.62. The van der Waals surface area contributed by atoms with E-state index in [0.29, 0.717) is 42.4 Å². The number of hydrogen-bond donors (Lipinski definition) is 0. The summed E-state index contributed by atoms with van der Waals surface area (Å²) in [7, 11) is 0. The lowest BCUT2D eigenvalue weighted by Gasteiger charge is -2.37. The molecule has 0 aliphatic carbocycles. The number of amides is 2. The average molecular weight is 406 g/mol. The van der Waals surface area contributed by atoms with Gasteiger partial charge in [-0.1, -0.05) is 30.3 Å². The smallest absolute Gasteiger partial charge is 0.282 e. The first-order chi connectivity index (χ1) is 14.5. The minimum absolute atomic E-state index is 0.0271. The summed E-state index contributed by atoms with van der Waals surface area (Å²) in [4.78, 5) is 30.3. The van der Waals surface area contributed by atoms with Crippen LogP contribution in [-0.2, 0) is 14.3 Å². The Morgan fingerprint density at radius 3 is 2.17 bits per heavy atom. The van der Waals surface area contributed by atoms with Gasteiger partial charge in [-0.15, -0.1) is 0 Å². The summed E-state index contributed by atoms with van der Waals surface area (Å²) < 4.78 is 11.3. The van der Waals surface area contributed by atoms with Gasteiger partial charge < -0.3 is 14.4 Å². The molecule has 2 amide bonds. The molecule has 0 spiro atoms. The summed E-state index contributed by atoms with van der Waals surface area (Å²) in [6, 6.07) is 16.4. The van der Waals surface area contributed by atoms with Crippen LogP contribution in [0.4, 0.5) is 5.69 Å². The molecule has 0 N–H and O–H groups in total. The lowest BCUT2D eigenvalue weighted by molar-refractivity contribution is -0.121. The number of morpholine rings is 1. The summed E-state index contributed by atoms with van der Waals surface area (Å²) in [6.45, 7) is 7.55. The van der Waals surface area contributed by atoms with Gasteiger partial charge in [0.2, 0.25) is 0 Å². The van der Waals surface area contributed by atoms with Gasteiger partial charge in [0, 0.05) is 13.1 Å². The first-order valence-corrected chi connectivity index (χ1v) is 10.3. The van der Waals surface area contributed by atoms with Gasteiger partial charge in [0.1, 0.15) is 11.4 Å². The van der Waals surface area contributed by atoms with Crippen LogP contribution in [0.5, 0.6) is 5.75 Å². The van der Waals surface area contributed by atoms with E-state index < -0.39 is 0 Å². The lowest BCUT2D eigenvalue weighted by Crippen LogP contribution is -2.47. The Kier molecular flexibility index (Phi) is 5.59. The monoisotopic (exact) mass is 406 g/mol. The molecular formula is C24H26N2O4. The van der Waals surface area contributed by atoms with Crippen molar-refractivity contribution in [2.24, 2.45) is 0 Å². The third kappa shape index (κ3) is 3.71. The topological polar surface area (TPSA) is 59.1 Å². The highest BCUT2D eigenvalue weighted by atomic mass is 16.5. The lowest BCUT2D eigenvalue weighted by atomic mass is 10.0. The number of anilines is 1. The zero-order chi connectivity index (χ0) is 21.3. The minimum atomic E-state index is -0.308. The van der Waals surface area contributed by atoms with Gasteiger partial charge in [-0.25, -0.2) is 4.90 Å². The second-order valence-corrected chi connectivity index (χ2v) is 7.62. The fraction of sp³-hybridized carbons (Fsp3) is 0.333. The van der Waals surface area contributed by atoms with Gasteiger partial charge in [0.15, 0.2) is 0 Å². The van der Waals surface area contributed by atoms with Crippen molar-refractivity contribution in [1.29, 1.82) is 0 Å². The van der Waals surface area contributed by atoms with E-state index in [2.05, 4.69) is 0 Å². The zero-order valence-corrected chi connectivity index (χ0v) is 17.5. The quantitative estimate of drug-likeness (QED) is 0.712. The highest BCUT2D eigenvalue weighted by Gasteiger charge is 2.43. The van der Waals surface area contributed by atoms with E-state index in [0.717, 1.165) is 5.56 Å². The summed E-state index contributed by atoms with van der Waals surface area (Å²) in [6.07, 6.45) is -0.0543. The molecule has 0 aromatic heterocycles. The molecule has 1 fully saturated rings. The van der Waals surface area contributed by atoms with E-state index in [1.807, 2.05) is 56.0 Å². The van der Waals surface area contributed by atoms with Crippen LogP contribution in [0.3, 0.4) is 0 Å². The van der Waals surface area contributed by atoms with Crippen molar-refractivity contribution in [1.82, 2.24) is 4.90 Å². The largest absolute Gasteiger partial charge is 0.494 e. The van der Waals surface area contributed by atoms with Gasteiger partial charge in [0.05, 0.1) is 30.1 Å². The number of nitrogens with zero attached hydrogens (tertiary/aromatic N) is 2. The number of carbonyl (C=O) groups excluding carboxylic acids is 2. The Balaban J connectivity index is 1.76. The van der Waals surface area contributed by atoms with Crippen molar-refractivity contribution in [2.75, 3.05) is 24.6 Å². The van der Waals surface area contributed by atoms with Crippen LogP contribution in [0, 0.1) is 0 Å². The molecule has 30 heavy (non-hydrogen) atoms. The maximum Gasteiger partial charge on any atom is 0.282 e. The molecule has 0 saturated carbocycles. The third-order valence-electron chi connectivity index (χ3n) is 5.26. The minimum Gasteiger partial charge on any atom is -0.494 e.